The quantitative estimate of drug-likeness (QED) is 0.489. The summed E-state index contributed by atoms with van der Waals surface area (Å²) in [6.07, 6.45) is -1.48. The molecule has 2 unspecified atom stereocenters. The fourth-order valence-corrected chi connectivity index (χ4v) is 1.85. The van der Waals surface area contributed by atoms with Gasteiger partial charge < -0.3 is 9.47 Å². The van der Waals surface area contributed by atoms with Gasteiger partial charge in [0.25, 0.3) is 0 Å². The normalized spacial score (nSPS) is 23.2. The summed E-state index contributed by atoms with van der Waals surface area (Å²) in [7, 11) is 0. The molecule has 3 nitrogen and oxygen atoms in total. The van der Waals surface area contributed by atoms with E-state index in [0.717, 1.165) is 5.56 Å². The van der Waals surface area contributed by atoms with E-state index >= 15 is 0 Å². The van der Waals surface area contributed by atoms with Crippen molar-refractivity contribution >= 4 is 40.8 Å². The Labute approximate surface area is 114 Å². The molecule has 0 saturated carbocycles. The number of rotatable bonds is 3. The Morgan fingerprint density at radius 1 is 1.29 bits per heavy atom. The monoisotopic (exact) mass is 294 g/mol. The third-order valence-electron chi connectivity index (χ3n) is 2.27. The lowest BCUT2D eigenvalue weighted by atomic mass is 10.2. The van der Waals surface area contributed by atoms with Gasteiger partial charge in [-0.3, -0.25) is 0 Å². The third kappa shape index (κ3) is 3.49. The molecular formula is C11H9Cl3O3. The highest BCUT2D eigenvalue weighted by atomic mass is 35.6. The van der Waals surface area contributed by atoms with E-state index in [4.69, 9.17) is 44.3 Å². The number of esters is 1. The molecule has 0 bridgehead atoms. The maximum atomic E-state index is 11.5. The molecule has 6 heteroatoms. The first-order valence-corrected chi connectivity index (χ1v) is 6.04. The van der Waals surface area contributed by atoms with Gasteiger partial charge in [0.15, 0.2) is 6.10 Å². The van der Waals surface area contributed by atoms with Gasteiger partial charge in [-0.2, -0.15) is 0 Å². The van der Waals surface area contributed by atoms with E-state index in [9.17, 15) is 4.79 Å². The van der Waals surface area contributed by atoms with Gasteiger partial charge in [-0.25, -0.2) is 4.79 Å². The molecule has 2 atom stereocenters. The van der Waals surface area contributed by atoms with E-state index in [1.807, 2.05) is 30.3 Å². The number of epoxide rings is 1. The van der Waals surface area contributed by atoms with E-state index in [2.05, 4.69) is 0 Å². The molecule has 1 aromatic rings. The molecule has 17 heavy (non-hydrogen) atoms. The SMILES string of the molecule is O=C(OCc1ccccc1)C1OC1C(Cl)(Cl)Cl. The summed E-state index contributed by atoms with van der Waals surface area (Å²) in [5.74, 6) is -0.509. The van der Waals surface area contributed by atoms with Gasteiger partial charge in [-0.15, -0.1) is 0 Å². The Bertz CT molecular complexity index is 402. The molecule has 1 aromatic carbocycles. The summed E-state index contributed by atoms with van der Waals surface area (Å²) in [6.45, 7) is 0.187. The minimum absolute atomic E-state index is 0.187. The molecule has 1 saturated heterocycles. The standard InChI is InChI=1S/C11H9Cl3O3/c12-11(13,14)9-8(17-9)10(15)16-6-7-4-2-1-3-5-7/h1-5,8-9H,6H2. The Hall–Kier alpha value is -0.480. The van der Waals surface area contributed by atoms with E-state index < -0.39 is 22.0 Å². The molecule has 0 spiro atoms. The lowest BCUT2D eigenvalue weighted by Gasteiger charge is -2.06. The maximum absolute atomic E-state index is 11.5. The number of benzene rings is 1. The first-order valence-electron chi connectivity index (χ1n) is 4.91. The summed E-state index contributed by atoms with van der Waals surface area (Å²) in [5, 5.41) is 0. The Kier molecular flexibility index (Phi) is 3.83. The Balaban J connectivity index is 1.80. The van der Waals surface area contributed by atoms with Crippen LogP contribution in [0.2, 0.25) is 0 Å². The number of alkyl halides is 3. The minimum atomic E-state index is -1.59. The average molecular weight is 296 g/mol. The highest BCUT2D eigenvalue weighted by molar-refractivity contribution is 6.68. The van der Waals surface area contributed by atoms with Gasteiger partial charge in [-0.05, 0) is 5.56 Å². The molecule has 0 aliphatic carbocycles. The highest BCUT2D eigenvalue weighted by Gasteiger charge is 2.57. The molecule has 0 radical (unpaired) electrons. The fourth-order valence-electron chi connectivity index (χ4n) is 1.35. The van der Waals surface area contributed by atoms with Gasteiger partial charge in [0.05, 0.1) is 0 Å². The van der Waals surface area contributed by atoms with Crippen LogP contribution in [0.25, 0.3) is 0 Å². The molecule has 92 valence electrons. The predicted octanol–water partition coefficient (Wildman–Crippen LogP) is 2.87. The zero-order valence-corrected chi connectivity index (χ0v) is 10.9. The van der Waals surface area contributed by atoms with E-state index in [0.29, 0.717) is 0 Å². The van der Waals surface area contributed by atoms with E-state index in [1.54, 1.807) is 0 Å². The number of hydrogen-bond acceptors (Lipinski definition) is 3. The lowest BCUT2D eigenvalue weighted by molar-refractivity contribution is -0.146. The predicted molar refractivity (Wildman–Crippen MR) is 65.2 cm³/mol. The molecule has 1 heterocycles. The first-order chi connectivity index (χ1) is 7.98. The van der Waals surface area contributed by atoms with Crippen LogP contribution in [0.15, 0.2) is 30.3 Å². The number of halogens is 3. The van der Waals surface area contributed by atoms with Crippen LogP contribution in [0.3, 0.4) is 0 Å². The topological polar surface area (TPSA) is 38.8 Å². The summed E-state index contributed by atoms with van der Waals surface area (Å²) in [6, 6.07) is 9.32. The van der Waals surface area contributed by atoms with Gasteiger partial charge in [0.1, 0.15) is 12.7 Å². The van der Waals surface area contributed by atoms with Crippen molar-refractivity contribution < 1.29 is 14.3 Å². The van der Waals surface area contributed by atoms with Gasteiger partial charge in [0, 0.05) is 0 Å². The van der Waals surface area contributed by atoms with Crippen molar-refractivity contribution in [1.82, 2.24) is 0 Å². The number of carbonyl (C=O) groups is 1. The molecule has 1 fully saturated rings. The van der Waals surface area contributed by atoms with E-state index in [-0.39, 0.29) is 6.61 Å². The van der Waals surface area contributed by atoms with Crippen LogP contribution in [0.5, 0.6) is 0 Å². The van der Waals surface area contributed by atoms with Crippen LogP contribution in [-0.2, 0) is 20.9 Å². The van der Waals surface area contributed by atoms with Crippen molar-refractivity contribution in [2.45, 2.75) is 22.6 Å². The summed E-state index contributed by atoms with van der Waals surface area (Å²) in [4.78, 5) is 11.5. The number of carbonyl (C=O) groups excluding carboxylic acids is 1. The molecule has 0 amide bonds. The van der Waals surface area contributed by atoms with Crippen LogP contribution in [0.1, 0.15) is 5.56 Å². The smallest absolute Gasteiger partial charge is 0.338 e. The first kappa shape index (κ1) is 13.0. The minimum Gasteiger partial charge on any atom is -0.459 e. The molecule has 0 N–H and O–H groups in total. The van der Waals surface area contributed by atoms with Gasteiger partial charge >= 0.3 is 5.97 Å². The van der Waals surface area contributed by atoms with Crippen molar-refractivity contribution in [3.05, 3.63) is 35.9 Å². The van der Waals surface area contributed by atoms with Crippen LogP contribution < -0.4 is 0 Å². The van der Waals surface area contributed by atoms with Crippen molar-refractivity contribution in [1.29, 1.82) is 0 Å². The van der Waals surface area contributed by atoms with Crippen molar-refractivity contribution in [3.8, 4) is 0 Å². The van der Waals surface area contributed by atoms with Crippen LogP contribution in [0.4, 0.5) is 0 Å². The Morgan fingerprint density at radius 3 is 2.47 bits per heavy atom. The Morgan fingerprint density at radius 2 is 1.94 bits per heavy atom. The van der Waals surface area contributed by atoms with Crippen LogP contribution in [0, 0.1) is 0 Å². The molecular weight excluding hydrogens is 286 g/mol. The largest absolute Gasteiger partial charge is 0.459 e. The number of hydrogen-bond donors (Lipinski definition) is 0. The average Bonchev–Trinajstić information content (AvgIpc) is 3.06. The van der Waals surface area contributed by atoms with Crippen LogP contribution >= 0.6 is 34.8 Å². The zero-order valence-electron chi connectivity index (χ0n) is 8.61. The fraction of sp³-hybridized carbons (Fsp3) is 0.364. The second kappa shape index (κ2) is 5.02. The van der Waals surface area contributed by atoms with Crippen LogP contribution in [-0.4, -0.2) is 22.0 Å². The molecule has 1 aliphatic heterocycles. The summed E-state index contributed by atoms with van der Waals surface area (Å²) < 4.78 is 8.41. The number of ether oxygens (including phenoxy) is 2. The van der Waals surface area contributed by atoms with Crippen molar-refractivity contribution in [2.75, 3.05) is 0 Å². The summed E-state index contributed by atoms with van der Waals surface area (Å²) >= 11 is 16.8. The van der Waals surface area contributed by atoms with Gasteiger partial charge in [0.2, 0.25) is 3.79 Å². The maximum Gasteiger partial charge on any atom is 0.338 e. The van der Waals surface area contributed by atoms with Crippen molar-refractivity contribution in [3.63, 3.8) is 0 Å². The lowest BCUT2D eigenvalue weighted by Crippen LogP contribution is -2.21. The van der Waals surface area contributed by atoms with Gasteiger partial charge in [-0.1, -0.05) is 65.1 Å². The molecule has 0 aromatic heterocycles. The second-order valence-electron chi connectivity index (χ2n) is 3.61. The van der Waals surface area contributed by atoms with E-state index in [1.165, 1.54) is 0 Å². The van der Waals surface area contributed by atoms with Crippen molar-refractivity contribution in [2.24, 2.45) is 0 Å². The zero-order chi connectivity index (χ0) is 12.5. The highest BCUT2D eigenvalue weighted by Crippen LogP contribution is 2.43. The summed E-state index contributed by atoms with van der Waals surface area (Å²) in [5.41, 5.74) is 0.895. The molecule has 1 aliphatic rings. The third-order valence-corrected chi connectivity index (χ3v) is 2.92. The molecule has 2 rings (SSSR count). The second-order valence-corrected chi connectivity index (χ2v) is 5.98.